The van der Waals surface area contributed by atoms with Gasteiger partial charge in [0.05, 0.1) is 0 Å². The molecule has 0 saturated carbocycles. The summed E-state index contributed by atoms with van der Waals surface area (Å²) in [6, 6.07) is -0.526. The van der Waals surface area contributed by atoms with Crippen LogP contribution in [0, 0.1) is 5.92 Å². The molecule has 1 N–H and O–H groups in total. The molecule has 0 unspecified atom stereocenters. The lowest BCUT2D eigenvalue weighted by Gasteiger charge is -2.31. The molecule has 114 valence electrons. The number of halogens is 3. The Morgan fingerprint density at radius 3 is 2.25 bits per heavy atom. The molecule has 7 heteroatoms. The molecule has 0 radical (unpaired) electrons. The number of carbonyl (C=O) groups is 2. The fourth-order valence-electron chi connectivity index (χ4n) is 1.89. The molecule has 4 nitrogen and oxygen atoms in total. The van der Waals surface area contributed by atoms with E-state index >= 15 is 0 Å². The maximum absolute atomic E-state index is 12.1. The predicted molar refractivity (Wildman–Crippen MR) is 67.8 cm³/mol. The van der Waals surface area contributed by atoms with E-state index in [9.17, 15) is 22.8 Å². The number of alkyl halides is 3. The number of piperidine rings is 1. The topological polar surface area (TPSA) is 49.4 Å². The maximum atomic E-state index is 12.1. The second-order valence-corrected chi connectivity index (χ2v) is 5.17. The van der Waals surface area contributed by atoms with Crippen molar-refractivity contribution in [2.45, 2.75) is 38.9 Å². The zero-order valence-electron chi connectivity index (χ0n) is 11.5. The van der Waals surface area contributed by atoms with Crippen molar-refractivity contribution in [3.63, 3.8) is 0 Å². The maximum Gasteiger partial charge on any atom is 0.471 e. The number of rotatable bonds is 3. The summed E-state index contributed by atoms with van der Waals surface area (Å²) in [5.41, 5.74) is 0. The summed E-state index contributed by atoms with van der Waals surface area (Å²) in [7, 11) is 0. The Bertz CT molecular complexity index is 384. The number of amides is 2. The van der Waals surface area contributed by atoms with Gasteiger partial charge in [-0.05, 0) is 24.8 Å². The van der Waals surface area contributed by atoms with Crippen LogP contribution >= 0.6 is 0 Å². The number of nitrogens with zero attached hydrogens (tertiary/aromatic N) is 1. The van der Waals surface area contributed by atoms with Crippen LogP contribution in [0.25, 0.3) is 0 Å². The molecule has 1 rings (SSSR count). The zero-order chi connectivity index (χ0) is 15.3. The molecule has 20 heavy (non-hydrogen) atoms. The second-order valence-electron chi connectivity index (χ2n) is 5.17. The van der Waals surface area contributed by atoms with Crippen molar-refractivity contribution in [1.82, 2.24) is 10.2 Å². The Morgan fingerprint density at radius 1 is 1.25 bits per heavy atom. The van der Waals surface area contributed by atoms with Gasteiger partial charge in [0.1, 0.15) is 0 Å². The molecule has 0 atom stereocenters. The summed E-state index contributed by atoms with van der Waals surface area (Å²) >= 11 is 0. The van der Waals surface area contributed by atoms with Gasteiger partial charge in [0.2, 0.25) is 5.91 Å². The molecule has 0 aromatic carbocycles. The van der Waals surface area contributed by atoms with Crippen molar-refractivity contribution in [2.75, 3.05) is 13.1 Å². The molecular weight excluding hydrogens is 273 g/mol. The van der Waals surface area contributed by atoms with Gasteiger partial charge in [-0.2, -0.15) is 13.2 Å². The van der Waals surface area contributed by atoms with E-state index in [0.717, 1.165) is 0 Å². The first kappa shape index (κ1) is 16.5. The van der Waals surface area contributed by atoms with Crippen molar-refractivity contribution < 1.29 is 22.8 Å². The lowest BCUT2D eigenvalue weighted by molar-refractivity contribution is -0.174. The zero-order valence-corrected chi connectivity index (χ0v) is 11.5. The Labute approximate surface area is 116 Å². The average Bonchev–Trinajstić information content (AvgIpc) is 2.35. The van der Waals surface area contributed by atoms with E-state index < -0.39 is 18.1 Å². The summed E-state index contributed by atoms with van der Waals surface area (Å²) in [5.74, 6) is -1.79. The van der Waals surface area contributed by atoms with Crippen molar-refractivity contribution >= 4 is 11.8 Å². The third kappa shape index (κ3) is 5.22. The van der Waals surface area contributed by atoms with Gasteiger partial charge >= 0.3 is 12.1 Å². The highest BCUT2D eigenvalue weighted by molar-refractivity contribution is 5.87. The molecule has 1 fully saturated rings. The van der Waals surface area contributed by atoms with E-state index in [4.69, 9.17) is 0 Å². The minimum atomic E-state index is -4.85. The summed E-state index contributed by atoms with van der Waals surface area (Å²) in [6.45, 7) is 4.60. The first-order chi connectivity index (χ1) is 9.20. The number of likely N-dealkylation sites (tertiary alicyclic amines) is 1. The van der Waals surface area contributed by atoms with Crippen LogP contribution in [0.4, 0.5) is 13.2 Å². The fourth-order valence-corrected chi connectivity index (χ4v) is 1.89. The Balaban J connectivity index is 2.40. The van der Waals surface area contributed by atoms with Gasteiger partial charge in [-0.15, -0.1) is 0 Å². The van der Waals surface area contributed by atoms with E-state index in [0.29, 0.717) is 25.9 Å². The minimum absolute atomic E-state index is 0.140. The van der Waals surface area contributed by atoms with Crippen LogP contribution in [0.15, 0.2) is 12.2 Å². The number of allylic oxidation sites excluding steroid dienone is 1. The molecule has 1 aliphatic rings. The van der Waals surface area contributed by atoms with Gasteiger partial charge in [-0.1, -0.05) is 19.9 Å². The molecule has 1 aliphatic heterocycles. The third-order valence-electron chi connectivity index (χ3n) is 3.02. The normalized spacial score (nSPS) is 17.8. The molecule has 1 saturated heterocycles. The SMILES string of the molecule is CC(C)/C=C/C(=O)N1CCC(NC(=O)C(F)(F)F)CC1. The number of nitrogens with one attached hydrogen (secondary N) is 1. The largest absolute Gasteiger partial charge is 0.471 e. The van der Waals surface area contributed by atoms with Crippen molar-refractivity contribution in [1.29, 1.82) is 0 Å². The fraction of sp³-hybridized carbons (Fsp3) is 0.692. The smallest absolute Gasteiger partial charge is 0.345 e. The first-order valence-corrected chi connectivity index (χ1v) is 6.55. The van der Waals surface area contributed by atoms with E-state index in [1.54, 1.807) is 11.0 Å². The van der Waals surface area contributed by atoms with Crippen molar-refractivity contribution in [3.05, 3.63) is 12.2 Å². The second kappa shape index (κ2) is 6.76. The molecule has 2 amide bonds. The quantitative estimate of drug-likeness (QED) is 0.807. The first-order valence-electron chi connectivity index (χ1n) is 6.55. The van der Waals surface area contributed by atoms with Gasteiger partial charge in [0.15, 0.2) is 0 Å². The van der Waals surface area contributed by atoms with Crippen LogP contribution in [0.1, 0.15) is 26.7 Å². The van der Waals surface area contributed by atoms with Gasteiger partial charge in [0.25, 0.3) is 0 Å². The highest BCUT2D eigenvalue weighted by atomic mass is 19.4. The standard InChI is InChI=1S/C13H19F3N2O2/c1-9(2)3-4-11(19)18-7-5-10(6-8-18)17-12(20)13(14,15)16/h3-4,9-10H,5-8H2,1-2H3,(H,17,20)/b4-3+. The molecule has 0 aliphatic carbocycles. The van der Waals surface area contributed by atoms with Crippen LogP contribution in [0.5, 0.6) is 0 Å². The monoisotopic (exact) mass is 292 g/mol. The van der Waals surface area contributed by atoms with E-state index in [1.165, 1.54) is 6.08 Å². The van der Waals surface area contributed by atoms with Crippen LogP contribution in [-0.2, 0) is 9.59 Å². The van der Waals surface area contributed by atoms with Gasteiger partial charge < -0.3 is 10.2 Å². The van der Waals surface area contributed by atoms with Crippen LogP contribution < -0.4 is 5.32 Å². The average molecular weight is 292 g/mol. The third-order valence-corrected chi connectivity index (χ3v) is 3.02. The number of hydrogen-bond donors (Lipinski definition) is 1. The van der Waals surface area contributed by atoms with Crippen molar-refractivity contribution in [3.8, 4) is 0 Å². The number of carbonyl (C=O) groups excluding carboxylic acids is 2. The predicted octanol–water partition coefficient (Wildman–Crippen LogP) is 1.87. The molecule has 0 bridgehead atoms. The van der Waals surface area contributed by atoms with E-state index in [1.807, 2.05) is 19.2 Å². The van der Waals surface area contributed by atoms with E-state index in [-0.39, 0.29) is 11.8 Å². The van der Waals surface area contributed by atoms with Crippen molar-refractivity contribution in [2.24, 2.45) is 5.92 Å². The minimum Gasteiger partial charge on any atom is -0.345 e. The molecule has 0 aromatic heterocycles. The van der Waals surface area contributed by atoms with Crippen LogP contribution in [-0.4, -0.2) is 42.0 Å². The van der Waals surface area contributed by atoms with Crippen LogP contribution in [0.2, 0.25) is 0 Å². The highest BCUT2D eigenvalue weighted by Crippen LogP contribution is 2.17. The molecule has 0 spiro atoms. The lowest BCUT2D eigenvalue weighted by Crippen LogP contribution is -2.49. The molecular formula is C13H19F3N2O2. The molecule has 0 aromatic rings. The summed E-state index contributed by atoms with van der Waals surface area (Å²) < 4.78 is 36.3. The summed E-state index contributed by atoms with van der Waals surface area (Å²) in [5, 5.41) is 1.95. The Morgan fingerprint density at radius 2 is 1.80 bits per heavy atom. The summed E-state index contributed by atoms with van der Waals surface area (Å²) in [6.07, 6.45) is -0.918. The molecule has 1 heterocycles. The van der Waals surface area contributed by atoms with Gasteiger partial charge in [-0.3, -0.25) is 9.59 Å². The Kier molecular flexibility index (Phi) is 5.59. The lowest BCUT2D eigenvalue weighted by atomic mass is 10.0. The van der Waals surface area contributed by atoms with E-state index in [2.05, 4.69) is 0 Å². The van der Waals surface area contributed by atoms with Gasteiger partial charge in [0, 0.05) is 19.1 Å². The van der Waals surface area contributed by atoms with Gasteiger partial charge in [-0.25, -0.2) is 0 Å². The Hall–Kier alpha value is -1.53. The number of hydrogen-bond acceptors (Lipinski definition) is 2. The summed E-state index contributed by atoms with van der Waals surface area (Å²) in [4.78, 5) is 24.1. The highest BCUT2D eigenvalue weighted by Gasteiger charge is 2.40. The van der Waals surface area contributed by atoms with Crippen LogP contribution in [0.3, 0.4) is 0 Å².